The van der Waals surface area contributed by atoms with Gasteiger partial charge in [-0.15, -0.1) is 0 Å². The SMILES string of the molecule is Nc1ccc2nc(CN3C(=O)CNC3=O)oc2c1. The van der Waals surface area contributed by atoms with Crippen LogP contribution in [0.1, 0.15) is 5.89 Å². The van der Waals surface area contributed by atoms with E-state index in [0.29, 0.717) is 22.7 Å². The summed E-state index contributed by atoms with van der Waals surface area (Å²) >= 11 is 0. The number of amides is 3. The molecule has 1 saturated heterocycles. The van der Waals surface area contributed by atoms with E-state index in [-0.39, 0.29) is 19.0 Å². The van der Waals surface area contributed by atoms with Gasteiger partial charge in [0.1, 0.15) is 12.1 Å². The number of nitrogens with zero attached hydrogens (tertiary/aromatic N) is 2. The van der Waals surface area contributed by atoms with Crippen LogP contribution in [0.4, 0.5) is 10.5 Å². The van der Waals surface area contributed by atoms with Gasteiger partial charge in [0.15, 0.2) is 5.58 Å². The summed E-state index contributed by atoms with van der Waals surface area (Å²) in [4.78, 5) is 28.0. The van der Waals surface area contributed by atoms with E-state index in [0.717, 1.165) is 4.90 Å². The molecule has 1 fully saturated rings. The molecule has 3 rings (SSSR count). The molecule has 0 spiro atoms. The number of carbonyl (C=O) groups excluding carboxylic acids is 2. The zero-order valence-corrected chi connectivity index (χ0v) is 9.34. The maximum absolute atomic E-state index is 11.4. The van der Waals surface area contributed by atoms with Gasteiger partial charge in [0, 0.05) is 11.8 Å². The normalized spacial score (nSPS) is 15.4. The summed E-state index contributed by atoms with van der Waals surface area (Å²) in [5.41, 5.74) is 7.38. The number of oxazole rings is 1. The Morgan fingerprint density at radius 3 is 3.00 bits per heavy atom. The Morgan fingerprint density at radius 1 is 1.44 bits per heavy atom. The van der Waals surface area contributed by atoms with Crippen molar-refractivity contribution in [3.05, 3.63) is 24.1 Å². The Kier molecular flexibility index (Phi) is 2.19. The highest BCUT2D eigenvalue weighted by Crippen LogP contribution is 2.19. The van der Waals surface area contributed by atoms with E-state index in [9.17, 15) is 9.59 Å². The zero-order valence-electron chi connectivity index (χ0n) is 9.34. The molecule has 3 amide bonds. The lowest BCUT2D eigenvalue weighted by molar-refractivity contribution is -0.125. The molecule has 0 bridgehead atoms. The average molecular weight is 246 g/mol. The quantitative estimate of drug-likeness (QED) is 0.592. The third-order valence-corrected chi connectivity index (χ3v) is 2.69. The first-order chi connectivity index (χ1) is 8.63. The standard InChI is InChI=1S/C11H10N4O3/c12-6-1-2-7-8(3-6)18-9(14-7)5-15-10(16)4-13-11(15)17/h1-3H,4-5,12H2,(H,13,17). The van der Waals surface area contributed by atoms with E-state index in [2.05, 4.69) is 10.3 Å². The fraction of sp³-hybridized carbons (Fsp3) is 0.182. The molecule has 1 aromatic heterocycles. The first kappa shape index (κ1) is 10.6. The van der Waals surface area contributed by atoms with Crippen molar-refractivity contribution in [3.63, 3.8) is 0 Å². The number of fused-ring (bicyclic) bond motifs is 1. The van der Waals surface area contributed by atoms with Crippen LogP contribution in [-0.4, -0.2) is 28.4 Å². The lowest BCUT2D eigenvalue weighted by Crippen LogP contribution is -2.30. The van der Waals surface area contributed by atoms with Crippen LogP contribution >= 0.6 is 0 Å². The zero-order chi connectivity index (χ0) is 12.7. The molecule has 0 aliphatic carbocycles. The van der Waals surface area contributed by atoms with Crippen molar-refractivity contribution in [3.8, 4) is 0 Å². The van der Waals surface area contributed by atoms with Crippen molar-refractivity contribution < 1.29 is 14.0 Å². The minimum absolute atomic E-state index is 0.0199. The second kappa shape index (κ2) is 3.73. The highest BCUT2D eigenvalue weighted by molar-refractivity contribution is 6.01. The van der Waals surface area contributed by atoms with E-state index >= 15 is 0 Å². The Bertz CT molecular complexity index is 633. The van der Waals surface area contributed by atoms with Crippen LogP contribution in [0.15, 0.2) is 22.6 Å². The molecule has 1 aliphatic heterocycles. The fourth-order valence-electron chi connectivity index (χ4n) is 1.81. The summed E-state index contributed by atoms with van der Waals surface area (Å²) in [5, 5.41) is 2.43. The Labute approximate surface area is 102 Å². The topological polar surface area (TPSA) is 101 Å². The van der Waals surface area contributed by atoms with Gasteiger partial charge in [0.25, 0.3) is 5.91 Å². The lowest BCUT2D eigenvalue weighted by atomic mass is 10.3. The van der Waals surface area contributed by atoms with Crippen molar-refractivity contribution in [2.75, 3.05) is 12.3 Å². The van der Waals surface area contributed by atoms with Crippen molar-refractivity contribution in [1.82, 2.24) is 15.2 Å². The van der Waals surface area contributed by atoms with E-state index in [1.54, 1.807) is 18.2 Å². The maximum atomic E-state index is 11.4. The number of nitrogens with one attached hydrogen (secondary N) is 1. The number of benzene rings is 1. The predicted molar refractivity (Wildman–Crippen MR) is 62.4 cm³/mol. The van der Waals surface area contributed by atoms with E-state index in [1.165, 1.54) is 0 Å². The Hall–Kier alpha value is -2.57. The molecular weight excluding hydrogens is 236 g/mol. The number of aromatic nitrogens is 1. The van der Waals surface area contributed by atoms with Gasteiger partial charge in [-0.2, -0.15) is 0 Å². The third-order valence-electron chi connectivity index (χ3n) is 2.69. The molecule has 3 N–H and O–H groups in total. The van der Waals surface area contributed by atoms with Crippen LogP contribution in [0, 0.1) is 0 Å². The van der Waals surface area contributed by atoms with Gasteiger partial charge in [-0.25, -0.2) is 9.78 Å². The highest BCUT2D eigenvalue weighted by Gasteiger charge is 2.29. The number of hydrogen-bond acceptors (Lipinski definition) is 5. The van der Waals surface area contributed by atoms with Crippen molar-refractivity contribution in [2.24, 2.45) is 0 Å². The van der Waals surface area contributed by atoms with Crippen LogP contribution in [0.3, 0.4) is 0 Å². The summed E-state index contributed by atoms with van der Waals surface area (Å²) in [6.07, 6.45) is 0. The minimum atomic E-state index is -0.429. The summed E-state index contributed by atoms with van der Waals surface area (Å²) in [6.45, 7) is 0.0469. The molecular formula is C11H10N4O3. The first-order valence-corrected chi connectivity index (χ1v) is 5.36. The number of anilines is 1. The third kappa shape index (κ3) is 1.65. The average Bonchev–Trinajstić information content (AvgIpc) is 2.86. The van der Waals surface area contributed by atoms with Crippen LogP contribution in [0.5, 0.6) is 0 Å². The second-order valence-corrected chi connectivity index (χ2v) is 3.97. The van der Waals surface area contributed by atoms with Crippen LogP contribution < -0.4 is 11.1 Å². The largest absolute Gasteiger partial charge is 0.439 e. The molecule has 0 unspecified atom stereocenters. The van der Waals surface area contributed by atoms with Gasteiger partial charge in [-0.1, -0.05) is 0 Å². The van der Waals surface area contributed by atoms with Crippen LogP contribution in [0.2, 0.25) is 0 Å². The van der Waals surface area contributed by atoms with Crippen molar-refractivity contribution >= 4 is 28.7 Å². The molecule has 92 valence electrons. The summed E-state index contributed by atoms with van der Waals surface area (Å²) in [6, 6.07) is 4.66. The number of urea groups is 1. The lowest BCUT2D eigenvalue weighted by Gasteiger charge is -2.08. The molecule has 18 heavy (non-hydrogen) atoms. The van der Waals surface area contributed by atoms with Crippen molar-refractivity contribution in [1.29, 1.82) is 0 Å². The Morgan fingerprint density at radius 2 is 2.28 bits per heavy atom. The number of hydrogen-bond donors (Lipinski definition) is 2. The monoisotopic (exact) mass is 246 g/mol. The summed E-state index contributed by atoms with van der Waals surface area (Å²) in [7, 11) is 0. The van der Waals surface area contributed by atoms with Crippen molar-refractivity contribution in [2.45, 2.75) is 6.54 Å². The van der Waals surface area contributed by atoms with Gasteiger partial charge in [0.05, 0.1) is 6.54 Å². The molecule has 2 heterocycles. The van der Waals surface area contributed by atoms with Crippen LogP contribution in [-0.2, 0) is 11.3 Å². The highest BCUT2D eigenvalue weighted by atomic mass is 16.3. The number of carbonyl (C=O) groups is 2. The van der Waals surface area contributed by atoms with E-state index < -0.39 is 6.03 Å². The number of rotatable bonds is 2. The van der Waals surface area contributed by atoms with Gasteiger partial charge < -0.3 is 15.5 Å². The van der Waals surface area contributed by atoms with Crippen LogP contribution in [0.25, 0.3) is 11.1 Å². The van der Waals surface area contributed by atoms with Gasteiger partial charge >= 0.3 is 6.03 Å². The number of nitrogens with two attached hydrogens (primary N) is 1. The molecule has 0 saturated carbocycles. The molecule has 7 nitrogen and oxygen atoms in total. The summed E-state index contributed by atoms with van der Waals surface area (Å²) < 4.78 is 5.44. The molecule has 7 heteroatoms. The molecule has 2 aromatic rings. The van der Waals surface area contributed by atoms with Gasteiger partial charge in [0.2, 0.25) is 5.89 Å². The molecule has 1 aliphatic rings. The molecule has 1 aromatic carbocycles. The van der Waals surface area contributed by atoms with Gasteiger partial charge in [-0.05, 0) is 12.1 Å². The smallest absolute Gasteiger partial charge is 0.325 e. The fourth-order valence-corrected chi connectivity index (χ4v) is 1.81. The second-order valence-electron chi connectivity index (χ2n) is 3.97. The Balaban J connectivity index is 1.91. The number of nitrogen functional groups attached to an aromatic ring is 1. The number of imide groups is 1. The minimum Gasteiger partial charge on any atom is -0.439 e. The van der Waals surface area contributed by atoms with E-state index in [1.807, 2.05) is 0 Å². The first-order valence-electron chi connectivity index (χ1n) is 5.36. The summed E-state index contributed by atoms with van der Waals surface area (Å²) in [5.74, 6) is 0.0165. The predicted octanol–water partition coefficient (Wildman–Crippen LogP) is 0.462. The molecule has 0 radical (unpaired) electrons. The molecule has 0 atom stereocenters. The van der Waals surface area contributed by atoms with E-state index in [4.69, 9.17) is 10.2 Å². The maximum Gasteiger partial charge on any atom is 0.325 e. The van der Waals surface area contributed by atoms with Gasteiger partial charge in [-0.3, -0.25) is 9.69 Å².